The highest BCUT2D eigenvalue weighted by Gasteiger charge is 2.28. The Balaban J connectivity index is 1.95. The Morgan fingerprint density at radius 3 is 2.80 bits per heavy atom. The van der Waals surface area contributed by atoms with Crippen LogP contribution in [0.3, 0.4) is 0 Å². The van der Waals surface area contributed by atoms with Crippen molar-refractivity contribution >= 4 is 5.78 Å². The summed E-state index contributed by atoms with van der Waals surface area (Å²) in [6.07, 6.45) is 0.159. The maximum atomic E-state index is 12.3. The number of hydrogen-bond acceptors (Lipinski definition) is 3. The normalized spacial score (nSPS) is 17.3. The first-order valence-corrected chi connectivity index (χ1v) is 6.62. The van der Waals surface area contributed by atoms with E-state index in [9.17, 15) is 4.79 Å². The number of carbonyl (C=O) groups excluding carboxylic acids is 1. The van der Waals surface area contributed by atoms with Crippen LogP contribution in [0.4, 0.5) is 0 Å². The Hall–Kier alpha value is -2.29. The second kappa shape index (κ2) is 5.00. The highest BCUT2D eigenvalue weighted by molar-refractivity contribution is 6.00. The van der Waals surface area contributed by atoms with Gasteiger partial charge in [-0.3, -0.25) is 4.79 Å². The van der Waals surface area contributed by atoms with Gasteiger partial charge < -0.3 is 9.47 Å². The van der Waals surface area contributed by atoms with Gasteiger partial charge in [0.05, 0.1) is 19.1 Å². The lowest BCUT2D eigenvalue weighted by Crippen LogP contribution is -2.20. The molecule has 0 bridgehead atoms. The molecule has 3 nitrogen and oxygen atoms in total. The van der Waals surface area contributed by atoms with Gasteiger partial charge in [0.2, 0.25) is 0 Å². The fraction of sp³-hybridized carbons (Fsp3) is 0.235. The average Bonchev–Trinajstić information content (AvgIpc) is 2.47. The molecule has 0 amide bonds. The highest BCUT2D eigenvalue weighted by Crippen LogP contribution is 2.36. The molecule has 1 aliphatic heterocycles. The van der Waals surface area contributed by atoms with Crippen molar-refractivity contribution in [2.45, 2.75) is 19.4 Å². The summed E-state index contributed by atoms with van der Waals surface area (Å²) in [6, 6.07) is 13.4. The third-order valence-electron chi connectivity index (χ3n) is 3.54. The van der Waals surface area contributed by atoms with Crippen molar-refractivity contribution in [1.29, 1.82) is 0 Å². The molecule has 1 atom stereocenters. The van der Waals surface area contributed by atoms with E-state index in [0.29, 0.717) is 23.5 Å². The SMILES string of the molecule is COc1ccc2c(c1)C(=O)CC(c1cccc(C)c1)O2. The number of carbonyl (C=O) groups is 1. The van der Waals surface area contributed by atoms with E-state index in [1.54, 1.807) is 19.2 Å². The summed E-state index contributed by atoms with van der Waals surface area (Å²) in [7, 11) is 1.59. The van der Waals surface area contributed by atoms with E-state index in [-0.39, 0.29) is 11.9 Å². The zero-order valence-electron chi connectivity index (χ0n) is 11.6. The Morgan fingerprint density at radius 2 is 2.05 bits per heavy atom. The molecular formula is C17H16O3. The zero-order valence-corrected chi connectivity index (χ0v) is 11.6. The van der Waals surface area contributed by atoms with Crippen LogP contribution in [0.2, 0.25) is 0 Å². The molecule has 2 aromatic carbocycles. The number of ether oxygens (including phenoxy) is 2. The molecule has 20 heavy (non-hydrogen) atoms. The minimum atomic E-state index is -0.205. The number of aryl methyl sites for hydroxylation is 1. The summed E-state index contributed by atoms with van der Waals surface area (Å²) < 4.78 is 11.1. The van der Waals surface area contributed by atoms with Crippen LogP contribution in [0.5, 0.6) is 11.5 Å². The lowest BCUT2D eigenvalue weighted by Gasteiger charge is -2.26. The van der Waals surface area contributed by atoms with Crippen LogP contribution in [-0.4, -0.2) is 12.9 Å². The summed E-state index contributed by atoms with van der Waals surface area (Å²) in [6.45, 7) is 2.03. The molecule has 102 valence electrons. The number of rotatable bonds is 2. The second-order valence-corrected chi connectivity index (χ2v) is 5.01. The summed E-state index contributed by atoms with van der Waals surface area (Å²) in [5.74, 6) is 1.40. The van der Waals surface area contributed by atoms with Crippen molar-refractivity contribution in [3.63, 3.8) is 0 Å². The Labute approximate surface area is 118 Å². The average molecular weight is 268 g/mol. The first kappa shape index (κ1) is 12.7. The fourth-order valence-electron chi connectivity index (χ4n) is 2.49. The van der Waals surface area contributed by atoms with Gasteiger partial charge in [-0.25, -0.2) is 0 Å². The van der Waals surface area contributed by atoms with Gasteiger partial charge in [-0.1, -0.05) is 29.8 Å². The van der Waals surface area contributed by atoms with Gasteiger partial charge >= 0.3 is 0 Å². The lowest BCUT2D eigenvalue weighted by atomic mass is 9.95. The Bertz CT molecular complexity index is 661. The Kier molecular flexibility index (Phi) is 3.18. The van der Waals surface area contributed by atoms with E-state index >= 15 is 0 Å². The maximum Gasteiger partial charge on any atom is 0.170 e. The van der Waals surface area contributed by atoms with Gasteiger partial charge in [0.15, 0.2) is 5.78 Å². The largest absolute Gasteiger partial charge is 0.497 e. The van der Waals surface area contributed by atoms with Crippen molar-refractivity contribution in [3.05, 3.63) is 59.2 Å². The molecule has 1 aliphatic rings. The van der Waals surface area contributed by atoms with Crippen molar-refractivity contribution in [3.8, 4) is 11.5 Å². The number of Topliss-reactive ketones (excluding diaryl/α,β-unsaturated/α-hetero) is 1. The lowest BCUT2D eigenvalue weighted by molar-refractivity contribution is 0.0849. The van der Waals surface area contributed by atoms with E-state index in [0.717, 1.165) is 5.56 Å². The maximum absolute atomic E-state index is 12.3. The molecule has 0 saturated heterocycles. The van der Waals surface area contributed by atoms with Crippen LogP contribution in [0, 0.1) is 6.92 Å². The molecule has 3 rings (SSSR count). The Morgan fingerprint density at radius 1 is 1.20 bits per heavy atom. The molecule has 0 saturated carbocycles. The fourth-order valence-corrected chi connectivity index (χ4v) is 2.49. The van der Waals surface area contributed by atoms with Crippen molar-refractivity contribution in [1.82, 2.24) is 0 Å². The van der Waals surface area contributed by atoms with Gasteiger partial charge in [0.25, 0.3) is 0 Å². The predicted octanol–water partition coefficient (Wildman–Crippen LogP) is 3.71. The predicted molar refractivity (Wildman–Crippen MR) is 76.5 cm³/mol. The minimum absolute atomic E-state index is 0.0941. The molecular weight excluding hydrogens is 252 g/mol. The van der Waals surface area contributed by atoms with Crippen LogP contribution in [0.25, 0.3) is 0 Å². The summed E-state index contributed by atoms with van der Waals surface area (Å²) in [5, 5.41) is 0. The molecule has 0 N–H and O–H groups in total. The van der Waals surface area contributed by atoms with Crippen LogP contribution < -0.4 is 9.47 Å². The van der Waals surface area contributed by atoms with E-state index < -0.39 is 0 Å². The van der Waals surface area contributed by atoms with Crippen LogP contribution in [0.15, 0.2) is 42.5 Å². The van der Waals surface area contributed by atoms with E-state index in [1.807, 2.05) is 31.2 Å². The number of methoxy groups -OCH3 is 1. The summed E-state index contributed by atoms with van der Waals surface area (Å²) >= 11 is 0. The van der Waals surface area contributed by atoms with Crippen LogP contribution >= 0.6 is 0 Å². The molecule has 0 spiro atoms. The van der Waals surface area contributed by atoms with Gasteiger partial charge in [-0.15, -0.1) is 0 Å². The number of ketones is 1. The molecule has 0 radical (unpaired) electrons. The van der Waals surface area contributed by atoms with Crippen molar-refractivity contribution in [2.75, 3.05) is 7.11 Å². The number of hydrogen-bond donors (Lipinski definition) is 0. The molecule has 0 aromatic heterocycles. The van der Waals surface area contributed by atoms with Gasteiger partial charge in [0.1, 0.15) is 17.6 Å². The van der Waals surface area contributed by atoms with Gasteiger partial charge in [0, 0.05) is 0 Å². The third kappa shape index (κ3) is 2.27. The minimum Gasteiger partial charge on any atom is -0.497 e. The molecule has 2 aromatic rings. The molecule has 1 heterocycles. The van der Waals surface area contributed by atoms with Crippen molar-refractivity contribution in [2.24, 2.45) is 0 Å². The molecule has 3 heteroatoms. The number of fused-ring (bicyclic) bond motifs is 1. The second-order valence-electron chi connectivity index (χ2n) is 5.01. The standard InChI is InChI=1S/C17H16O3/c1-11-4-3-5-12(8-11)17-10-15(18)14-9-13(19-2)6-7-16(14)20-17/h3-9,17H,10H2,1-2H3. The van der Waals surface area contributed by atoms with E-state index in [2.05, 4.69) is 6.07 Å². The molecule has 0 fully saturated rings. The quantitative estimate of drug-likeness (QED) is 0.833. The van der Waals surface area contributed by atoms with Crippen LogP contribution in [-0.2, 0) is 0 Å². The highest BCUT2D eigenvalue weighted by atomic mass is 16.5. The summed E-state index contributed by atoms with van der Waals surface area (Å²) in [4.78, 5) is 12.3. The smallest absolute Gasteiger partial charge is 0.170 e. The van der Waals surface area contributed by atoms with E-state index in [4.69, 9.17) is 9.47 Å². The van der Waals surface area contributed by atoms with Gasteiger partial charge in [-0.2, -0.15) is 0 Å². The molecule has 0 aliphatic carbocycles. The monoisotopic (exact) mass is 268 g/mol. The first-order valence-electron chi connectivity index (χ1n) is 6.62. The van der Waals surface area contributed by atoms with E-state index in [1.165, 1.54) is 5.56 Å². The zero-order chi connectivity index (χ0) is 14.1. The third-order valence-corrected chi connectivity index (χ3v) is 3.54. The topological polar surface area (TPSA) is 35.5 Å². The summed E-state index contributed by atoms with van der Waals surface area (Å²) in [5.41, 5.74) is 2.81. The first-order chi connectivity index (χ1) is 9.67. The van der Waals surface area contributed by atoms with Gasteiger partial charge in [-0.05, 0) is 30.7 Å². The molecule has 1 unspecified atom stereocenters. The van der Waals surface area contributed by atoms with Crippen molar-refractivity contribution < 1.29 is 14.3 Å². The van der Waals surface area contributed by atoms with Crippen LogP contribution in [0.1, 0.15) is 34.0 Å². The number of benzene rings is 2.